The van der Waals surface area contributed by atoms with Crippen LogP contribution in [0.3, 0.4) is 0 Å². The second-order valence-corrected chi connectivity index (χ2v) is 7.50. The number of rotatable bonds is 4. The highest BCUT2D eigenvalue weighted by Gasteiger charge is 2.21. The number of nitrogens with zero attached hydrogens (tertiary/aromatic N) is 7. The van der Waals surface area contributed by atoms with E-state index in [4.69, 9.17) is 0 Å². The lowest BCUT2D eigenvalue weighted by Crippen LogP contribution is -2.47. The van der Waals surface area contributed by atoms with E-state index in [1.54, 1.807) is 29.9 Å². The van der Waals surface area contributed by atoms with E-state index in [1.807, 2.05) is 23.1 Å². The van der Waals surface area contributed by atoms with Crippen LogP contribution in [-0.2, 0) is 6.54 Å². The third kappa shape index (κ3) is 3.41. The zero-order chi connectivity index (χ0) is 16.4. The summed E-state index contributed by atoms with van der Waals surface area (Å²) in [7, 11) is 0. The Labute approximate surface area is 152 Å². The average Bonchev–Trinajstić information content (AvgIpc) is 3.25. The van der Waals surface area contributed by atoms with Crippen LogP contribution >= 0.6 is 27.3 Å². The van der Waals surface area contributed by atoms with E-state index in [1.165, 1.54) is 4.88 Å². The highest BCUT2D eigenvalue weighted by Crippen LogP contribution is 2.25. The van der Waals surface area contributed by atoms with Crippen LogP contribution in [0.25, 0.3) is 0 Å². The Kier molecular flexibility index (Phi) is 4.44. The Hall–Kier alpha value is -2.00. The van der Waals surface area contributed by atoms with E-state index in [2.05, 4.69) is 45.8 Å². The van der Waals surface area contributed by atoms with Crippen LogP contribution in [0.5, 0.6) is 0 Å². The minimum absolute atomic E-state index is 0.751. The van der Waals surface area contributed by atoms with Crippen LogP contribution in [0.15, 0.2) is 41.5 Å². The van der Waals surface area contributed by atoms with Gasteiger partial charge in [0.05, 0.1) is 17.2 Å². The Morgan fingerprint density at radius 2 is 1.75 bits per heavy atom. The summed E-state index contributed by atoms with van der Waals surface area (Å²) in [6.45, 7) is 4.42. The summed E-state index contributed by atoms with van der Waals surface area (Å²) in [4.78, 5) is 19.0. The lowest BCUT2D eigenvalue weighted by Gasteiger charge is -2.34. The number of halogens is 1. The molecule has 1 aliphatic rings. The Bertz CT molecular complexity index is 795. The first kappa shape index (κ1) is 15.5. The van der Waals surface area contributed by atoms with E-state index in [0.29, 0.717) is 0 Å². The molecule has 0 aliphatic carbocycles. The van der Waals surface area contributed by atoms with Gasteiger partial charge in [0.15, 0.2) is 5.13 Å². The molecule has 1 fully saturated rings. The van der Waals surface area contributed by atoms with Gasteiger partial charge in [0, 0.05) is 55.8 Å². The predicted octanol–water partition coefficient (Wildman–Crippen LogP) is 2.27. The van der Waals surface area contributed by atoms with Crippen molar-refractivity contribution in [1.82, 2.24) is 24.7 Å². The van der Waals surface area contributed by atoms with Gasteiger partial charge >= 0.3 is 0 Å². The van der Waals surface area contributed by atoms with Crippen molar-refractivity contribution in [2.45, 2.75) is 6.54 Å². The fraction of sp³-hybridized carbons (Fsp3) is 0.333. The maximum atomic E-state index is 4.58. The monoisotopic (exact) mass is 405 g/mol. The molecule has 4 rings (SSSR count). The molecule has 0 aromatic carbocycles. The maximum absolute atomic E-state index is 4.58. The van der Waals surface area contributed by atoms with Gasteiger partial charge in [-0.25, -0.2) is 15.0 Å². The van der Waals surface area contributed by atoms with Crippen molar-refractivity contribution in [3.63, 3.8) is 0 Å². The molecule has 1 saturated heterocycles. The summed E-state index contributed by atoms with van der Waals surface area (Å²) in [6.07, 6.45) is 9.29. The van der Waals surface area contributed by atoms with E-state index in [-0.39, 0.29) is 0 Å². The molecule has 1 aliphatic heterocycles. The highest BCUT2D eigenvalue weighted by atomic mass is 79.9. The molecule has 124 valence electrons. The van der Waals surface area contributed by atoms with Crippen LogP contribution in [-0.4, -0.2) is 50.9 Å². The SMILES string of the molecule is Brc1cnn(Cc2cnc(N3CCN(c4ncccn4)CC3)s2)c1. The van der Waals surface area contributed by atoms with Gasteiger partial charge < -0.3 is 9.80 Å². The van der Waals surface area contributed by atoms with Gasteiger partial charge in [-0.15, -0.1) is 0 Å². The largest absolute Gasteiger partial charge is 0.345 e. The zero-order valence-electron chi connectivity index (χ0n) is 12.9. The fourth-order valence-corrected chi connectivity index (χ4v) is 3.93. The first-order chi connectivity index (χ1) is 11.8. The van der Waals surface area contributed by atoms with Gasteiger partial charge in [-0.2, -0.15) is 5.10 Å². The molecule has 24 heavy (non-hydrogen) atoms. The standard InChI is InChI=1S/C15H16BrN7S/c16-12-8-20-23(10-12)11-13-9-19-15(24-13)22-6-4-21(5-7-22)14-17-2-1-3-18-14/h1-3,8-10H,4-7,11H2. The molecular formula is C15H16BrN7S. The van der Waals surface area contributed by atoms with Crippen molar-refractivity contribution in [3.8, 4) is 0 Å². The molecule has 9 heteroatoms. The Morgan fingerprint density at radius 1 is 1.00 bits per heavy atom. The number of thiazole rings is 1. The second-order valence-electron chi connectivity index (χ2n) is 5.49. The first-order valence-electron chi connectivity index (χ1n) is 7.67. The molecule has 0 N–H and O–H groups in total. The topological polar surface area (TPSA) is 63.0 Å². The summed E-state index contributed by atoms with van der Waals surface area (Å²) >= 11 is 5.15. The van der Waals surface area contributed by atoms with E-state index in [9.17, 15) is 0 Å². The molecule has 0 radical (unpaired) electrons. The van der Waals surface area contributed by atoms with Crippen LogP contribution < -0.4 is 9.80 Å². The van der Waals surface area contributed by atoms with Crippen molar-refractivity contribution in [2.24, 2.45) is 0 Å². The van der Waals surface area contributed by atoms with Crippen LogP contribution in [0.1, 0.15) is 4.88 Å². The molecular weight excluding hydrogens is 390 g/mol. The normalized spacial score (nSPS) is 15.0. The quantitative estimate of drug-likeness (QED) is 0.663. The van der Waals surface area contributed by atoms with Gasteiger partial charge in [0.1, 0.15) is 0 Å². The zero-order valence-corrected chi connectivity index (χ0v) is 15.3. The number of hydrogen-bond acceptors (Lipinski definition) is 7. The molecule has 3 aromatic heterocycles. The molecule has 4 heterocycles. The predicted molar refractivity (Wildman–Crippen MR) is 97.6 cm³/mol. The van der Waals surface area contributed by atoms with Crippen LogP contribution in [0.4, 0.5) is 11.1 Å². The smallest absolute Gasteiger partial charge is 0.225 e. The van der Waals surface area contributed by atoms with Crippen molar-refractivity contribution in [1.29, 1.82) is 0 Å². The van der Waals surface area contributed by atoms with E-state index in [0.717, 1.165) is 48.3 Å². The van der Waals surface area contributed by atoms with Crippen LogP contribution in [0.2, 0.25) is 0 Å². The van der Waals surface area contributed by atoms with Gasteiger partial charge in [-0.1, -0.05) is 11.3 Å². The summed E-state index contributed by atoms with van der Waals surface area (Å²) < 4.78 is 2.90. The number of piperazine rings is 1. The minimum Gasteiger partial charge on any atom is -0.345 e. The summed E-state index contributed by atoms with van der Waals surface area (Å²) in [5.41, 5.74) is 0. The van der Waals surface area contributed by atoms with Crippen molar-refractivity contribution in [3.05, 3.63) is 46.4 Å². The second kappa shape index (κ2) is 6.86. The lowest BCUT2D eigenvalue weighted by atomic mass is 10.3. The fourth-order valence-electron chi connectivity index (χ4n) is 2.65. The van der Waals surface area contributed by atoms with Crippen molar-refractivity contribution >= 4 is 38.3 Å². The summed E-state index contributed by atoms with van der Waals surface area (Å²) in [5, 5.41) is 5.36. The van der Waals surface area contributed by atoms with E-state index < -0.39 is 0 Å². The van der Waals surface area contributed by atoms with Crippen LogP contribution in [0, 0.1) is 0 Å². The first-order valence-corrected chi connectivity index (χ1v) is 9.28. The van der Waals surface area contributed by atoms with Crippen molar-refractivity contribution < 1.29 is 0 Å². The van der Waals surface area contributed by atoms with Gasteiger partial charge in [0.25, 0.3) is 0 Å². The molecule has 0 unspecified atom stereocenters. The van der Waals surface area contributed by atoms with Gasteiger partial charge in [-0.05, 0) is 22.0 Å². The number of hydrogen-bond donors (Lipinski definition) is 0. The molecule has 0 atom stereocenters. The minimum atomic E-state index is 0.751. The average molecular weight is 406 g/mol. The van der Waals surface area contributed by atoms with E-state index >= 15 is 0 Å². The highest BCUT2D eigenvalue weighted by molar-refractivity contribution is 9.10. The molecule has 0 spiro atoms. The Balaban J connectivity index is 1.37. The lowest BCUT2D eigenvalue weighted by molar-refractivity contribution is 0.638. The molecule has 7 nitrogen and oxygen atoms in total. The number of anilines is 2. The van der Waals surface area contributed by atoms with Crippen molar-refractivity contribution in [2.75, 3.05) is 36.0 Å². The maximum Gasteiger partial charge on any atom is 0.225 e. The molecule has 3 aromatic rings. The van der Waals surface area contributed by atoms with Gasteiger partial charge in [-0.3, -0.25) is 4.68 Å². The Morgan fingerprint density at radius 3 is 2.46 bits per heavy atom. The molecule has 0 amide bonds. The summed E-state index contributed by atoms with van der Waals surface area (Å²) in [5.74, 6) is 0.807. The molecule has 0 bridgehead atoms. The third-order valence-electron chi connectivity index (χ3n) is 3.85. The molecule has 0 saturated carbocycles. The summed E-state index contributed by atoms with van der Waals surface area (Å²) in [6, 6.07) is 1.84. The van der Waals surface area contributed by atoms with Gasteiger partial charge in [0.2, 0.25) is 5.95 Å². The number of aromatic nitrogens is 5. The third-order valence-corrected chi connectivity index (χ3v) is 5.30.